The van der Waals surface area contributed by atoms with Gasteiger partial charge in [-0.05, 0) is 61.2 Å². The Labute approximate surface area is 140 Å². The molecule has 2 aromatic rings. The normalized spacial score (nSPS) is 11.3. The van der Waals surface area contributed by atoms with Crippen molar-refractivity contribution in [3.8, 4) is 22.5 Å². The lowest BCUT2D eigenvalue weighted by molar-refractivity contribution is 0.616. The molecule has 0 fully saturated rings. The van der Waals surface area contributed by atoms with E-state index in [9.17, 15) is 4.79 Å². The summed E-state index contributed by atoms with van der Waals surface area (Å²) in [5, 5.41) is 1.09. The standard InChI is InChI=1S/C22H18O2/c1-13-11-19-21(16-7-5-4-6-8-16)18-10-9-17(23)12-20(18)24-22(19)15(3)14(13)2/h4-12H,1-3H3. The van der Waals surface area contributed by atoms with Crippen LogP contribution in [0.2, 0.25) is 0 Å². The first-order chi connectivity index (χ1) is 11.6. The Kier molecular flexibility index (Phi) is 3.27. The van der Waals surface area contributed by atoms with Gasteiger partial charge in [-0.15, -0.1) is 0 Å². The molecule has 4 rings (SSSR count). The van der Waals surface area contributed by atoms with Crippen LogP contribution in [0.15, 0.2) is 63.8 Å². The summed E-state index contributed by atoms with van der Waals surface area (Å²) >= 11 is 0. The molecule has 0 spiro atoms. The second-order valence-corrected chi connectivity index (χ2v) is 6.32. The largest absolute Gasteiger partial charge is 0.456 e. The van der Waals surface area contributed by atoms with Crippen LogP contribution in [-0.4, -0.2) is 0 Å². The smallest absolute Gasteiger partial charge is 0.182 e. The van der Waals surface area contributed by atoms with Crippen molar-refractivity contribution in [3.63, 3.8) is 0 Å². The number of aryl methyl sites for hydroxylation is 2. The van der Waals surface area contributed by atoms with E-state index in [0.717, 1.165) is 33.2 Å². The van der Waals surface area contributed by atoms with E-state index in [-0.39, 0.29) is 5.43 Å². The summed E-state index contributed by atoms with van der Waals surface area (Å²) in [6, 6.07) is 17.5. The fourth-order valence-corrected chi connectivity index (χ4v) is 3.34. The van der Waals surface area contributed by atoms with E-state index in [1.165, 1.54) is 11.1 Å². The molecule has 0 bridgehead atoms. The van der Waals surface area contributed by atoms with E-state index in [1.54, 1.807) is 12.1 Å². The topological polar surface area (TPSA) is 30.2 Å². The molecule has 1 aliphatic heterocycles. The fourth-order valence-electron chi connectivity index (χ4n) is 3.34. The van der Waals surface area contributed by atoms with E-state index in [4.69, 9.17) is 4.42 Å². The molecule has 1 aliphatic carbocycles. The van der Waals surface area contributed by atoms with Gasteiger partial charge in [-0.25, -0.2) is 0 Å². The van der Waals surface area contributed by atoms with Crippen molar-refractivity contribution in [1.82, 2.24) is 0 Å². The Hall–Kier alpha value is -2.87. The summed E-state index contributed by atoms with van der Waals surface area (Å²) in [5.41, 5.74) is 7.63. The van der Waals surface area contributed by atoms with Crippen LogP contribution in [0.1, 0.15) is 16.7 Å². The van der Waals surface area contributed by atoms with Crippen LogP contribution in [0.25, 0.3) is 33.4 Å². The molecular formula is C22H18O2. The zero-order valence-electron chi connectivity index (χ0n) is 14.0. The summed E-state index contributed by atoms with van der Waals surface area (Å²) < 4.78 is 6.16. The summed E-state index contributed by atoms with van der Waals surface area (Å²) in [4.78, 5) is 11.8. The van der Waals surface area contributed by atoms with E-state index >= 15 is 0 Å². The van der Waals surface area contributed by atoms with Gasteiger partial charge >= 0.3 is 0 Å². The van der Waals surface area contributed by atoms with E-state index < -0.39 is 0 Å². The van der Waals surface area contributed by atoms with Gasteiger partial charge in [0.25, 0.3) is 0 Å². The molecule has 2 heteroatoms. The molecule has 0 amide bonds. The molecule has 0 aromatic heterocycles. The average Bonchev–Trinajstić information content (AvgIpc) is 2.59. The zero-order chi connectivity index (χ0) is 16.8. The highest BCUT2D eigenvalue weighted by molar-refractivity contribution is 6.03. The summed E-state index contributed by atoms with van der Waals surface area (Å²) in [5.74, 6) is 0.639. The van der Waals surface area contributed by atoms with E-state index in [1.807, 2.05) is 24.3 Å². The van der Waals surface area contributed by atoms with Gasteiger partial charge in [0.2, 0.25) is 0 Å². The summed E-state index contributed by atoms with van der Waals surface area (Å²) in [6.45, 7) is 6.31. The van der Waals surface area contributed by atoms with Gasteiger partial charge in [0.15, 0.2) is 5.43 Å². The summed E-state index contributed by atoms with van der Waals surface area (Å²) in [7, 11) is 0. The molecule has 24 heavy (non-hydrogen) atoms. The number of rotatable bonds is 1. The van der Waals surface area contributed by atoms with Crippen LogP contribution >= 0.6 is 0 Å². The molecule has 2 aliphatic rings. The predicted octanol–water partition coefficient (Wildman–Crippen LogP) is 5.49. The third kappa shape index (κ3) is 2.15. The second kappa shape index (κ2) is 5.34. The third-order valence-electron chi connectivity index (χ3n) is 4.87. The number of benzene rings is 3. The maximum Gasteiger partial charge on any atom is 0.182 e. The molecule has 0 saturated carbocycles. The van der Waals surface area contributed by atoms with E-state index in [2.05, 4.69) is 39.0 Å². The minimum absolute atomic E-state index is 0.0360. The van der Waals surface area contributed by atoms with Crippen molar-refractivity contribution < 1.29 is 4.42 Å². The molecular weight excluding hydrogens is 296 g/mol. The van der Waals surface area contributed by atoms with Crippen molar-refractivity contribution >= 4 is 11.0 Å². The molecule has 0 unspecified atom stereocenters. The molecule has 0 radical (unpaired) electrons. The van der Waals surface area contributed by atoms with Crippen LogP contribution in [0.5, 0.6) is 0 Å². The number of fused-ring (bicyclic) bond motifs is 2. The molecule has 118 valence electrons. The first-order valence-electron chi connectivity index (χ1n) is 8.09. The van der Waals surface area contributed by atoms with Crippen molar-refractivity contribution in [3.05, 3.63) is 81.5 Å². The Morgan fingerprint density at radius 1 is 0.833 bits per heavy atom. The highest BCUT2D eigenvalue weighted by Gasteiger charge is 2.19. The minimum atomic E-state index is -0.0360. The molecule has 2 nitrogen and oxygen atoms in total. The fraction of sp³-hybridized carbons (Fsp3) is 0.136. The van der Waals surface area contributed by atoms with Crippen molar-refractivity contribution in [2.24, 2.45) is 0 Å². The molecule has 2 aromatic carbocycles. The highest BCUT2D eigenvalue weighted by Crippen LogP contribution is 2.41. The maximum atomic E-state index is 11.8. The highest BCUT2D eigenvalue weighted by atomic mass is 16.3. The molecule has 1 heterocycles. The van der Waals surface area contributed by atoms with Gasteiger partial charge in [0.05, 0.1) is 0 Å². The predicted molar refractivity (Wildman–Crippen MR) is 98.8 cm³/mol. The first-order valence-corrected chi connectivity index (χ1v) is 8.09. The Morgan fingerprint density at radius 2 is 1.58 bits per heavy atom. The van der Waals surface area contributed by atoms with Crippen LogP contribution < -0.4 is 5.43 Å². The van der Waals surface area contributed by atoms with Gasteiger partial charge in [-0.2, -0.15) is 0 Å². The monoisotopic (exact) mass is 314 g/mol. The van der Waals surface area contributed by atoms with Gasteiger partial charge in [0, 0.05) is 22.6 Å². The zero-order valence-corrected chi connectivity index (χ0v) is 14.0. The minimum Gasteiger partial charge on any atom is -0.456 e. The maximum absolute atomic E-state index is 11.8. The average molecular weight is 314 g/mol. The molecule has 0 saturated heterocycles. The Bertz CT molecular complexity index is 1090. The van der Waals surface area contributed by atoms with Crippen molar-refractivity contribution in [2.45, 2.75) is 20.8 Å². The van der Waals surface area contributed by atoms with Gasteiger partial charge < -0.3 is 4.42 Å². The number of hydrogen-bond donors (Lipinski definition) is 0. The number of hydrogen-bond acceptors (Lipinski definition) is 2. The molecule has 0 atom stereocenters. The van der Waals surface area contributed by atoms with Crippen molar-refractivity contribution in [1.29, 1.82) is 0 Å². The lowest BCUT2D eigenvalue weighted by atomic mass is 9.90. The Morgan fingerprint density at radius 3 is 2.33 bits per heavy atom. The van der Waals surface area contributed by atoms with Crippen LogP contribution in [-0.2, 0) is 0 Å². The third-order valence-corrected chi connectivity index (χ3v) is 4.87. The van der Waals surface area contributed by atoms with E-state index in [0.29, 0.717) is 5.76 Å². The molecule has 0 N–H and O–H groups in total. The van der Waals surface area contributed by atoms with Gasteiger partial charge in [0.1, 0.15) is 11.3 Å². The lowest BCUT2D eigenvalue weighted by Crippen LogP contribution is -2.01. The lowest BCUT2D eigenvalue weighted by Gasteiger charge is -2.18. The van der Waals surface area contributed by atoms with Crippen LogP contribution in [0.4, 0.5) is 0 Å². The Balaban J connectivity index is 2.27. The quantitative estimate of drug-likeness (QED) is 0.435. The summed E-state index contributed by atoms with van der Waals surface area (Å²) in [6.07, 6.45) is 0. The van der Waals surface area contributed by atoms with Crippen LogP contribution in [0.3, 0.4) is 0 Å². The van der Waals surface area contributed by atoms with Crippen molar-refractivity contribution in [2.75, 3.05) is 0 Å². The SMILES string of the molecule is Cc1cc2c(-c3ccccc3)c3ccc(=O)cc-3oc2c(C)c1C. The van der Waals surface area contributed by atoms with Crippen LogP contribution in [0, 0.1) is 20.8 Å². The van der Waals surface area contributed by atoms with Gasteiger partial charge in [-0.1, -0.05) is 30.3 Å². The first kappa shape index (κ1) is 14.7. The van der Waals surface area contributed by atoms with Gasteiger partial charge in [-0.3, -0.25) is 4.79 Å². The second-order valence-electron chi connectivity index (χ2n) is 6.32.